The second-order valence-corrected chi connectivity index (χ2v) is 4.91. The number of nitro groups is 1. The first-order valence-electron chi connectivity index (χ1n) is 5.68. The maximum atomic E-state index is 11.9. The molecule has 8 heteroatoms. The van der Waals surface area contributed by atoms with Crippen molar-refractivity contribution in [2.45, 2.75) is 19.9 Å². The van der Waals surface area contributed by atoms with Crippen LogP contribution in [0, 0.1) is 10.1 Å². The lowest BCUT2D eigenvalue weighted by molar-refractivity contribution is -0.384. The Balaban J connectivity index is 2.93. The van der Waals surface area contributed by atoms with Crippen LogP contribution >= 0.6 is 15.9 Å². The molecule has 1 unspecified atom stereocenters. The van der Waals surface area contributed by atoms with Crippen molar-refractivity contribution in [2.75, 3.05) is 18.9 Å². The van der Waals surface area contributed by atoms with Crippen LogP contribution < -0.4 is 5.32 Å². The standard InChI is InChI=1S/C11H15BrN4O3/c1-4-15(3)11(17)7(2)14-10-9(16(18)19)5-8(12)6-13-10/h5-7H,4H2,1-3H3,(H,13,14). The molecule has 1 heterocycles. The number of hydrogen-bond donors (Lipinski definition) is 1. The minimum atomic E-state index is -0.586. The third-order valence-electron chi connectivity index (χ3n) is 2.61. The maximum absolute atomic E-state index is 11.9. The Hall–Kier alpha value is -1.70. The van der Waals surface area contributed by atoms with Gasteiger partial charge in [0.05, 0.1) is 4.92 Å². The summed E-state index contributed by atoms with van der Waals surface area (Å²) < 4.78 is 0.509. The molecule has 1 N–H and O–H groups in total. The summed E-state index contributed by atoms with van der Waals surface area (Å²) in [5.74, 6) is -0.0694. The lowest BCUT2D eigenvalue weighted by Crippen LogP contribution is -2.39. The van der Waals surface area contributed by atoms with Crippen molar-refractivity contribution in [3.8, 4) is 0 Å². The van der Waals surface area contributed by atoms with Crippen LogP contribution in [0.2, 0.25) is 0 Å². The topological polar surface area (TPSA) is 88.4 Å². The number of rotatable bonds is 5. The highest BCUT2D eigenvalue weighted by atomic mass is 79.9. The van der Waals surface area contributed by atoms with Crippen LogP contribution in [0.3, 0.4) is 0 Å². The number of halogens is 1. The fourth-order valence-corrected chi connectivity index (χ4v) is 1.75. The molecule has 0 fully saturated rings. The molecule has 1 atom stereocenters. The van der Waals surface area contributed by atoms with Crippen LogP contribution in [-0.2, 0) is 4.79 Å². The number of aromatic nitrogens is 1. The third kappa shape index (κ3) is 3.88. The summed E-state index contributed by atoms with van der Waals surface area (Å²) in [7, 11) is 1.67. The summed E-state index contributed by atoms with van der Waals surface area (Å²) >= 11 is 3.12. The van der Waals surface area contributed by atoms with Gasteiger partial charge >= 0.3 is 5.69 Å². The van der Waals surface area contributed by atoms with Gasteiger partial charge < -0.3 is 10.2 Å². The summed E-state index contributed by atoms with van der Waals surface area (Å²) in [6, 6.07) is 0.758. The second kappa shape index (κ2) is 6.46. The van der Waals surface area contributed by atoms with Gasteiger partial charge in [-0.3, -0.25) is 14.9 Å². The van der Waals surface area contributed by atoms with Crippen LogP contribution in [0.1, 0.15) is 13.8 Å². The van der Waals surface area contributed by atoms with E-state index in [0.29, 0.717) is 11.0 Å². The summed E-state index contributed by atoms with van der Waals surface area (Å²) in [6.07, 6.45) is 1.44. The number of pyridine rings is 1. The number of amides is 1. The zero-order chi connectivity index (χ0) is 14.6. The second-order valence-electron chi connectivity index (χ2n) is 4.00. The van der Waals surface area contributed by atoms with E-state index in [-0.39, 0.29) is 17.4 Å². The first-order chi connectivity index (χ1) is 8.86. The van der Waals surface area contributed by atoms with Crippen LogP contribution in [0.15, 0.2) is 16.7 Å². The lowest BCUT2D eigenvalue weighted by atomic mass is 10.2. The Morgan fingerprint density at radius 2 is 2.32 bits per heavy atom. The van der Waals surface area contributed by atoms with E-state index in [9.17, 15) is 14.9 Å². The summed E-state index contributed by atoms with van der Waals surface area (Å²) in [6.45, 7) is 4.06. The van der Waals surface area contributed by atoms with Gasteiger partial charge in [-0.25, -0.2) is 4.98 Å². The van der Waals surface area contributed by atoms with Gasteiger partial charge in [-0.2, -0.15) is 0 Å². The average Bonchev–Trinajstić information content (AvgIpc) is 2.38. The average molecular weight is 331 g/mol. The number of nitrogens with zero attached hydrogens (tertiary/aromatic N) is 3. The minimum absolute atomic E-state index is 0.0820. The highest BCUT2D eigenvalue weighted by Crippen LogP contribution is 2.25. The highest BCUT2D eigenvalue weighted by molar-refractivity contribution is 9.10. The van der Waals surface area contributed by atoms with Crippen molar-refractivity contribution in [3.63, 3.8) is 0 Å². The fraction of sp³-hybridized carbons (Fsp3) is 0.455. The maximum Gasteiger partial charge on any atom is 0.312 e. The van der Waals surface area contributed by atoms with E-state index in [1.807, 2.05) is 6.92 Å². The number of hydrogen-bond acceptors (Lipinski definition) is 5. The lowest BCUT2D eigenvalue weighted by Gasteiger charge is -2.20. The SMILES string of the molecule is CCN(C)C(=O)C(C)Nc1ncc(Br)cc1[N+](=O)[O-]. The first kappa shape index (κ1) is 15.4. The van der Waals surface area contributed by atoms with Crippen molar-refractivity contribution in [3.05, 3.63) is 26.9 Å². The molecule has 0 spiro atoms. The Morgan fingerprint density at radius 3 is 2.84 bits per heavy atom. The van der Waals surface area contributed by atoms with E-state index in [4.69, 9.17) is 0 Å². The number of carbonyl (C=O) groups is 1. The van der Waals surface area contributed by atoms with E-state index >= 15 is 0 Å². The molecule has 0 aromatic carbocycles. The molecule has 0 aliphatic carbocycles. The molecule has 0 radical (unpaired) electrons. The predicted molar refractivity (Wildman–Crippen MR) is 75.0 cm³/mol. The third-order valence-corrected chi connectivity index (χ3v) is 3.04. The molecule has 19 heavy (non-hydrogen) atoms. The molecule has 1 aromatic rings. The van der Waals surface area contributed by atoms with Crippen molar-refractivity contribution in [1.82, 2.24) is 9.88 Å². The zero-order valence-electron chi connectivity index (χ0n) is 10.9. The Kier molecular flexibility index (Phi) is 5.22. The Bertz CT molecular complexity index is 495. The van der Waals surface area contributed by atoms with E-state index in [1.165, 1.54) is 17.2 Å². The molecule has 0 saturated heterocycles. The minimum Gasteiger partial charge on any atom is -0.353 e. The van der Waals surface area contributed by atoms with Crippen LogP contribution in [-0.4, -0.2) is 40.3 Å². The summed E-state index contributed by atoms with van der Waals surface area (Å²) in [4.78, 5) is 27.7. The molecule has 0 aliphatic rings. The van der Waals surface area contributed by atoms with Gasteiger partial charge in [0.25, 0.3) is 0 Å². The number of nitrogens with one attached hydrogen (secondary N) is 1. The molecule has 1 rings (SSSR count). The molecule has 7 nitrogen and oxygen atoms in total. The molecular formula is C11H15BrN4O3. The van der Waals surface area contributed by atoms with Gasteiger partial charge in [-0.05, 0) is 29.8 Å². The normalized spacial score (nSPS) is 11.8. The van der Waals surface area contributed by atoms with Gasteiger partial charge in [-0.1, -0.05) is 0 Å². The number of carbonyl (C=O) groups excluding carboxylic acids is 1. The van der Waals surface area contributed by atoms with Crippen LogP contribution in [0.4, 0.5) is 11.5 Å². The van der Waals surface area contributed by atoms with Crippen molar-refractivity contribution >= 4 is 33.3 Å². The largest absolute Gasteiger partial charge is 0.353 e. The van der Waals surface area contributed by atoms with Gasteiger partial charge in [0.15, 0.2) is 0 Å². The quantitative estimate of drug-likeness (QED) is 0.659. The van der Waals surface area contributed by atoms with E-state index < -0.39 is 11.0 Å². The summed E-state index contributed by atoms with van der Waals surface area (Å²) in [5, 5.41) is 13.7. The monoisotopic (exact) mass is 330 g/mol. The highest BCUT2D eigenvalue weighted by Gasteiger charge is 2.22. The molecule has 104 valence electrons. The zero-order valence-corrected chi connectivity index (χ0v) is 12.5. The van der Waals surface area contributed by atoms with Gasteiger partial charge in [0.1, 0.15) is 6.04 Å². The predicted octanol–water partition coefficient (Wildman–Crippen LogP) is 2.03. The smallest absolute Gasteiger partial charge is 0.312 e. The molecule has 0 saturated carbocycles. The fourth-order valence-electron chi connectivity index (χ4n) is 1.43. The van der Waals surface area contributed by atoms with E-state index in [1.54, 1.807) is 14.0 Å². The van der Waals surface area contributed by atoms with Crippen LogP contribution in [0.5, 0.6) is 0 Å². The van der Waals surface area contributed by atoms with Crippen molar-refractivity contribution < 1.29 is 9.72 Å². The molecule has 1 aromatic heterocycles. The molecule has 1 amide bonds. The first-order valence-corrected chi connectivity index (χ1v) is 6.47. The number of likely N-dealkylation sites (N-methyl/N-ethyl adjacent to an activating group) is 1. The molecule has 0 aliphatic heterocycles. The van der Waals surface area contributed by atoms with Crippen LogP contribution in [0.25, 0.3) is 0 Å². The summed E-state index contributed by atoms with van der Waals surface area (Å²) in [5.41, 5.74) is -0.173. The molecular weight excluding hydrogens is 316 g/mol. The van der Waals surface area contributed by atoms with Gasteiger partial charge in [-0.15, -0.1) is 0 Å². The van der Waals surface area contributed by atoms with Crippen molar-refractivity contribution in [2.24, 2.45) is 0 Å². The molecule has 0 bridgehead atoms. The Labute approximate surface area is 119 Å². The van der Waals surface area contributed by atoms with E-state index in [0.717, 1.165) is 0 Å². The van der Waals surface area contributed by atoms with Crippen molar-refractivity contribution in [1.29, 1.82) is 0 Å². The van der Waals surface area contributed by atoms with Gasteiger partial charge in [0.2, 0.25) is 11.7 Å². The number of anilines is 1. The van der Waals surface area contributed by atoms with E-state index in [2.05, 4.69) is 26.2 Å². The van der Waals surface area contributed by atoms with Gasteiger partial charge in [0, 0.05) is 30.3 Å². The Morgan fingerprint density at radius 1 is 1.68 bits per heavy atom.